The SMILES string of the molecule is CC(C)C1OOC(C)(C)C(Nc2ccc(C(=O)O)c(Cl)c2)O1. The highest BCUT2D eigenvalue weighted by Gasteiger charge is 2.41. The van der Waals surface area contributed by atoms with Gasteiger partial charge < -0.3 is 15.2 Å². The fourth-order valence-corrected chi connectivity index (χ4v) is 2.20. The van der Waals surface area contributed by atoms with E-state index in [1.54, 1.807) is 12.1 Å². The quantitative estimate of drug-likeness (QED) is 0.823. The lowest BCUT2D eigenvalue weighted by molar-refractivity contribution is -0.485. The largest absolute Gasteiger partial charge is 0.478 e. The Balaban J connectivity index is 2.16. The summed E-state index contributed by atoms with van der Waals surface area (Å²) in [6.07, 6.45) is -0.959. The molecule has 1 aliphatic rings. The molecule has 1 aromatic rings. The van der Waals surface area contributed by atoms with E-state index in [-0.39, 0.29) is 16.5 Å². The molecule has 0 bridgehead atoms. The Hall–Kier alpha value is -1.34. The molecular formula is C15H20ClNO5. The molecule has 2 unspecified atom stereocenters. The van der Waals surface area contributed by atoms with Crippen molar-refractivity contribution in [3.63, 3.8) is 0 Å². The van der Waals surface area contributed by atoms with Gasteiger partial charge in [0.25, 0.3) is 0 Å². The average molecular weight is 330 g/mol. The first kappa shape index (κ1) is 17.0. The average Bonchev–Trinajstić information content (AvgIpc) is 2.40. The topological polar surface area (TPSA) is 77.0 Å². The van der Waals surface area contributed by atoms with E-state index in [1.807, 2.05) is 27.7 Å². The molecule has 0 amide bonds. The second-order valence-electron chi connectivity index (χ2n) is 6.06. The summed E-state index contributed by atoms with van der Waals surface area (Å²) < 4.78 is 5.87. The number of nitrogens with one attached hydrogen (secondary N) is 1. The van der Waals surface area contributed by atoms with Gasteiger partial charge in [0.15, 0.2) is 12.5 Å². The first-order valence-corrected chi connectivity index (χ1v) is 7.38. The summed E-state index contributed by atoms with van der Waals surface area (Å²) in [5, 5.41) is 12.3. The molecule has 0 aromatic heterocycles. The van der Waals surface area contributed by atoms with Gasteiger partial charge in [-0.15, -0.1) is 0 Å². The van der Waals surface area contributed by atoms with Crippen molar-refractivity contribution >= 4 is 23.3 Å². The number of benzene rings is 1. The standard InChI is InChI=1S/C15H20ClNO5/c1-8(2)13-20-14(15(3,4)22-21-13)17-9-5-6-10(12(18)19)11(16)7-9/h5-8,13-14,17H,1-4H3,(H,18,19). The molecule has 6 nitrogen and oxygen atoms in total. The monoisotopic (exact) mass is 329 g/mol. The van der Waals surface area contributed by atoms with Crippen LogP contribution in [0.4, 0.5) is 5.69 Å². The maximum atomic E-state index is 11.0. The molecule has 0 spiro atoms. The molecule has 7 heteroatoms. The molecule has 1 aromatic carbocycles. The van der Waals surface area contributed by atoms with E-state index < -0.39 is 24.1 Å². The van der Waals surface area contributed by atoms with Gasteiger partial charge >= 0.3 is 5.97 Å². The minimum absolute atomic E-state index is 0.0516. The number of hydrogen-bond donors (Lipinski definition) is 2. The van der Waals surface area contributed by atoms with Crippen LogP contribution in [0.5, 0.6) is 0 Å². The van der Waals surface area contributed by atoms with Gasteiger partial charge in [-0.05, 0) is 32.0 Å². The number of anilines is 1. The van der Waals surface area contributed by atoms with Gasteiger partial charge in [-0.3, -0.25) is 0 Å². The van der Waals surface area contributed by atoms with Crippen molar-refractivity contribution in [1.82, 2.24) is 0 Å². The number of carbonyl (C=O) groups is 1. The van der Waals surface area contributed by atoms with Gasteiger partial charge in [0.1, 0.15) is 5.60 Å². The number of carboxylic acids is 1. The van der Waals surface area contributed by atoms with Crippen LogP contribution in [0.1, 0.15) is 38.1 Å². The Bertz CT molecular complexity index is 561. The lowest BCUT2D eigenvalue weighted by Crippen LogP contribution is -2.54. The first-order valence-electron chi connectivity index (χ1n) is 7.00. The summed E-state index contributed by atoms with van der Waals surface area (Å²) in [5.41, 5.74) is -0.0275. The Kier molecular flexibility index (Phi) is 4.97. The van der Waals surface area contributed by atoms with Gasteiger partial charge in [0.05, 0.1) is 10.6 Å². The van der Waals surface area contributed by atoms with Crippen molar-refractivity contribution in [2.75, 3.05) is 5.32 Å². The van der Waals surface area contributed by atoms with Crippen LogP contribution in [0, 0.1) is 5.92 Å². The number of rotatable bonds is 4. The fraction of sp³-hybridized carbons (Fsp3) is 0.533. The van der Waals surface area contributed by atoms with Gasteiger partial charge in [0.2, 0.25) is 0 Å². The van der Waals surface area contributed by atoms with Crippen LogP contribution in [0.3, 0.4) is 0 Å². The predicted molar refractivity (Wildman–Crippen MR) is 81.8 cm³/mol. The molecule has 1 heterocycles. The molecule has 2 rings (SSSR count). The smallest absolute Gasteiger partial charge is 0.337 e. The third kappa shape index (κ3) is 3.70. The van der Waals surface area contributed by atoms with Crippen LogP contribution in [0.25, 0.3) is 0 Å². The van der Waals surface area contributed by atoms with E-state index in [2.05, 4.69) is 5.32 Å². The summed E-state index contributed by atoms with van der Waals surface area (Å²) in [5.74, 6) is -0.944. The van der Waals surface area contributed by atoms with Gasteiger partial charge in [-0.1, -0.05) is 25.4 Å². The molecule has 0 saturated carbocycles. The second kappa shape index (κ2) is 6.42. The molecule has 1 fully saturated rings. The summed E-state index contributed by atoms with van der Waals surface area (Å²) in [4.78, 5) is 21.6. The number of carboxylic acid groups (broad SMARTS) is 1. The van der Waals surface area contributed by atoms with Crippen molar-refractivity contribution in [3.8, 4) is 0 Å². The zero-order valence-corrected chi connectivity index (χ0v) is 13.7. The molecule has 0 radical (unpaired) electrons. The van der Waals surface area contributed by atoms with Crippen LogP contribution in [-0.4, -0.2) is 29.2 Å². The van der Waals surface area contributed by atoms with Crippen LogP contribution < -0.4 is 5.32 Å². The molecule has 1 saturated heterocycles. The highest BCUT2D eigenvalue weighted by Crippen LogP contribution is 2.31. The van der Waals surface area contributed by atoms with Gasteiger partial charge in [0, 0.05) is 11.6 Å². The lowest BCUT2D eigenvalue weighted by atomic mass is 10.1. The number of ether oxygens (including phenoxy) is 1. The van der Waals surface area contributed by atoms with Crippen molar-refractivity contribution in [3.05, 3.63) is 28.8 Å². The second-order valence-corrected chi connectivity index (χ2v) is 6.46. The summed E-state index contributed by atoms with van der Waals surface area (Å²) in [7, 11) is 0. The molecule has 22 heavy (non-hydrogen) atoms. The Morgan fingerprint density at radius 3 is 2.64 bits per heavy atom. The third-order valence-electron chi connectivity index (χ3n) is 3.30. The fourth-order valence-electron chi connectivity index (χ4n) is 1.94. The minimum atomic E-state index is -1.07. The molecular weight excluding hydrogens is 310 g/mol. The number of halogens is 1. The maximum Gasteiger partial charge on any atom is 0.337 e. The van der Waals surface area contributed by atoms with E-state index in [0.717, 1.165) is 0 Å². The Morgan fingerprint density at radius 2 is 2.09 bits per heavy atom. The van der Waals surface area contributed by atoms with Crippen LogP contribution in [-0.2, 0) is 14.5 Å². The van der Waals surface area contributed by atoms with Crippen LogP contribution in [0.2, 0.25) is 5.02 Å². The highest BCUT2D eigenvalue weighted by atomic mass is 35.5. The Morgan fingerprint density at radius 1 is 1.41 bits per heavy atom. The predicted octanol–water partition coefficient (Wildman–Crippen LogP) is 3.52. The van der Waals surface area contributed by atoms with Crippen molar-refractivity contribution in [2.45, 2.75) is 45.8 Å². The zero-order valence-electron chi connectivity index (χ0n) is 12.9. The highest BCUT2D eigenvalue weighted by molar-refractivity contribution is 6.33. The van der Waals surface area contributed by atoms with E-state index in [9.17, 15) is 4.79 Å². The van der Waals surface area contributed by atoms with Crippen molar-refractivity contribution in [1.29, 1.82) is 0 Å². The third-order valence-corrected chi connectivity index (χ3v) is 3.61. The summed E-state index contributed by atoms with van der Waals surface area (Å²) in [6.45, 7) is 7.58. The molecule has 0 aliphatic carbocycles. The molecule has 1 aliphatic heterocycles. The molecule has 2 N–H and O–H groups in total. The van der Waals surface area contributed by atoms with Crippen LogP contribution >= 0.6 is 11.6 Å². The van der Waals surface area contributed by atoms with Gasteiger partial charge in [-0.25, -0.2) is 14.6 Å². The molecule has 122 valence electrons. The summed E-state index contributed by atoms with van der Waals surface area (Å²) >= 11 is 5.97. The number of aromatic carboxylic acids is 1. The van der Waals surface area contributed by atoms with E-state index in [4.69, 9.17) is 31.2 Å². The van der Waals surface area contributed by atoms with Crippen LogP contribution in [0.15, 0.2) is 18.2 Å². The number of hydrogen-bond acceptors (Lipinski definition) is 5. The molecule has 2 atom stereocenters. The Labute approximate surface area is 134 Å². The van der Waals surface area contributed by atoms with E-state index >= 15 is 0 Å². The van der Waals surface area contributed by atoms with Gasteiger partial charge in [-0.2, -0.15) is 0 Å². The maximum absolute atomic E-state index is 11.0. The lowest BCUT2D eigenvalue weighted by Gasteiger charge is -2.42. The summed E-state index contributed by atoms with van der Waals surface area (Å²) in [6, 6.07) is 4.62. The zero-order chi connectivity index (χ0) is 16.5. The minimum Gasteiger partial charge on any atom is -0.478 e. The van der Waals surface area contributed by atoms with Crippen molar-refractivity contribution < 1.29 is 24.4 Å². The van der Waals surface area contributed by atoms with E-state index in [1.165, 1.54) is 6.07 Å². The normalized spacial score (nSPS) is 24.3. The van der Waals surface area contributed by atoms with E-state index in [0.29, 0.717) is 5.69 Å². The van der Waals surface area contributed by atoms with Crippen molar-refractivity contribution in [2.24, 2.45) is 5.92 Å². The first-order chi connectivity index (χ1) is 10.2.